The molecule has 0 aromatic heterocycles. The Balaban J connectivity index is 0.000000697. The molecule has 0 atom stereocenters. The van der Waals surface area contributed by atoms with E-state index in [1.807, 2.05) is 13.8 Å². The van der Waals surface area contributed by atoms with Crippen molar-refractivity contribution in [3.63, 3.8) is 0 Å². The predicted molar refractivity (Wildman–Crippen MR) is 85.7 cm³/mol. The molecule has 0 saturated heterocycles. The van der Waals surface area contributed by atoms with Crippen molar-refractivity contribution in [1.82, 2.24) is 5.32 Å². The Kier molecular flexibility index (Phi) is 9.39. The summed E-state index contributed by atoms with van der Waals surface area (Å²) < 4.78 is 60.2. The molecule has 0 aliphatic carbocycles. The zero-order chi connectivity index (χ0) is 19.7. The van der Waals surface area contributed by atoms with Crippen LogP contribution < -0.4 is 5.32 Å². The summed E-state index contributed by atoms with van der Waals surface area (Å²) in [6, 6.07) is 6.59. The highest BCUT2D eigenvalue weighted by atomic mass is 32.2. The maximum atomic E-state index is 11.8. The molecule has 0 aliphatic heterocycles. The highest BCUT2D eigenvalue weighted by molar-refractivity contribution is 7.86. The molecule has 0 saturated carbocycles. The quantitative estimate of drug-likeness (QED) is 0.427. The number of aryl methyl sites for hydroxylation is 1. The van der Waals surface area contributed by atoms with E-state index in [-0.39, 0.29) is 11.5 Å². The first-order chi connectivity index (χ1) is 11.4. The number of rotatable bonds is 7. The van der Waals surface area contributed by atoms with Gasteiger partial charge in [0.1, 0.15) is 0 Å². The Morgan fingerprint density at radius 2 is 1.76 bits per heavy atom. The number of alkyl halides is 3. The maximum Gasteiger partial charge on any atom is 0.490 e. The molecular weight excluding hydrogens is 363 g/mol. The molecule has 0 radical (unpaired) electrons. The van der Waals surface area contributed by atoms with Crippen molar-refractivity contribution >= 4 is 16.1 Å². The summed E-state index contributed by atoms with van der Waals surface area (Å²) in [5.74, 6) is -2.76. The first kappa shape index (κ1) is 23.1. The lowest BCUT2D eigenvalue weighted by molar-refractivity contribution is -0.192. The summed E-state index contributed by atoms with van der Waals surface area (Å²) in [4.78, 5) is 9.08. The molecule has 10 heteroatoms. The molecule has 2 N–H and O–H groups in total. The van der Waals surface area contributed by atoms with Crippen LogP contribution in [-0.2, 0) is 19.1 Å². The average molecular weight is 383 g/mol. The van der Waals surface area contributed by atoms with Crippen molar-refractivity contribution in [1.29, 1.82) is 0 Å². The van der Waals surface area contributed by atoms with Gasteiger partial charge in [-0.3, -0.25) is 4.18 Å². The standard InChI is InChI=1S/C13H19NO3S.C2HF3O2/c1-11(2)10-14-8-9-17-18(15,16)13-6-4-12(3)5-7-13;3-2(4,5)1(6)7/h4-7,14H,1,8-10H2,2-3H3;(H,6,7). The van der Waals surface area contributed by atoms with Crippen LogP contribution in [0.15, 0.2) is 41.3 Å². The van der Waals surface area contributed by atoms with Crippen LogP contribution in [0.25, 0.3) is 0 Å². The minimum absolute atomic E-state index is 0.115. The lowest BCUT2D eigenvalue weighted by Crippen LogP contribution is -2.22. The van der Waals surface area contributed by atoms with Crippen LogP contribution in [0, 0.1) is 6.92 Å². The molecule has 6 nitrogen and oxygen atoms in total. The summed E-state index contributed by atoms with van der Waals surface area (Å²) >= 11 is 0. The van der Waals surface area contributed by atoms with Gasteiger partial charge in [0, 0.05) is 13.1 Å². The molecular formula is C15H20F3NO5S. The second-order valence-electron chi connectivity index (χ2n) is 5.03. The van der Waals surface area contributed by atoms with E-state index in [1.54, 1.807) is 24.3 Å². The summed E-state index contributed by atoms with van der Waals surface area (Å²) in [6.07, 6.45) is -5.08. The number of benzene rings is 1. The summed E-state index contributed by atoms with van der Waals surface area (Å²) in [7, 11) is -3.64. The van der Waals surface area contributed by atoms with E-state index in [9.17, 15) is 21.6 Å². The van der Waals surface area contributed by atoms with Crippen molar-refractivity contribution in [3.8, 4) is 0 Å². The average Bonchev–Trinajstić information content (AvgIpc) is 2.46. The smallest absolute Gasteiger partial charge is 0.475 e. The van der Waals surface area contributed by atoms with Crippen LogP contribution in [0.4, 0.5) is 13.2 Å². The van der Waals surface area contributed by atoms with Gasteiger partial charge >= 0.3 is 12.1 Å². The largest absolute Gasteiger partial charge is 0.490 e. The first-order valence-electron chi connectivity index (χ1n) is 6.97. The van der Waals surface area contributed by atoms with Crippen LogP contribution in [0.1, 0.15) is 12.5 Å². The first-order valence-corrected chi connectivity index (χ1v) is 8.38. The Bertz CT molecular complexity index is 669. The highest BCUT2D eigenvalue weighted by Gasteiger charge is 2.38. The van der Waals surface area contributed by atoms with Gasteiger partial charge in [-0.05, 0) is 26.0 Å². The van der Waals surface area contributed by atoms with Gasteiger partial charge in [-0.1, -0.05) is 29.8 Å². The number of nitrogens with one attached hydrogen (secondary N) is 1. The van der Waals surface area contributed by atoms with Gasteiger partial charge in [0.2, 0.25) is 0 Å². The van der Waals surface area contributed by atoms with Gasteiger partial charge in [0.25, 0.3) is 10.1 Å². The third kappa shape index (κ3) is 10.5. The van der Waals surface area contributed by atoms with Gasteiger partial charge in [0.05, 0.1) is 11.5 Å². The van der Waals surface area contributed by atoms with Gasteiger partial charge < -0.3 is 10.4 Å². The number of carbonyl (C=O) groups is 1. The lowest BCUT2D eigenvalue weighted by atomic mass is 10.2. The van der Waals surface area contributed by atoms with Crippen molar-refractivity contribution in [2.75, 3.05) is 19.7 Å². The molecule has 0 unspecified atom stereocenters. The van der Waals surface area contributed by atoms with E-state index in [1.165, 1.54) is 0 Å². The normalized spacial score (nSPS) is 11.4. The molecule has 25 heavy (non-hydrogen) atoms. The lowest BCUT2D eigenvalue weighted by Gasteiger charge is -2.07. The van der Waals surface area contributed by atoms with Gasteiger partial charge in [0.15, 0.2) is 0 Å². The fourth-order valence-corrected chi connectivity index (χ4v) is 2.21. The zero-order valence-electron chi connectivity index (χ0n) is 13.8. The number of halogens is 3. The van der Waals surface area contributed by atoms with Crippen molar-refractivity contribution in [2.45, 2.75) is 24.9 Å². The van der Waals surface area contributed by atoms with Crippen LogP contribution in [0.2, 0.25) is 0 Å². The number of hydrogen-bond acceptors (Lipinski definition) is 5. The predicted octanol–water partition coefficient (Wildman–Crippen LogP) is 2.50. The third-order valence-electron chi connectivity index (χ3n) is 2.50. The van der Waals surface area contributed by atoms with Crippen molar-refractivity contribution < 1.29 is 35.7 Å². The van der Waals surface area contributed by atoms with Crippen molar-refractivity contribution in [3.05, 3.63) is 42.0 Å². The Morgan fingerprint density at radius 1 is 1.28 bits per heavy atom. The molecule has 0 aliphatic rings. The molecule has 1 rings (SSSR count). The second kappa shape index (κ2) is 10.2. The van der Waals surface area contributed by atoms with E-state index >= 15 is 0 Å². The van der Waals surface area contributed by atoms with Gasteiger partial charge in [-0.2, -0.15) is 21.6 Å². The fourth-order valence-electron chi connectivity index (χ4n) is 1.30. The second-order valence-corrected chi connectivity index (χ2v) is 6.64. The van der Waals surface area contributed by atoms with Crippen molar-refractivity contribution in [2.24, 2.45) is 0 Å². The molecule has 0 amide bonds. The molecule has 0 bridgehead atoms. The third-order valence-corrected chi connectivity index (χ3v) is 3.82. The van der Waals surface area contributed by atoms with Crippen LogP contribution in [0.3, 0.4) is 0 Å². The van der Waals surface area contributed by atoms with E-state index in [2.05, 4.69) is 11.9 Å². The Morgan fingerprint density at radius 3 is 2.16 bits per heavy atom. The number of carboxylic acid groups (broad SMARTS) is 1. The Labute approximate surface area is 144 Å². The molecule has 0 heterocycles. The van der Waals surface area contributed by atoms with Crippen LogP contribution in [0.5, 0.6) is 0 Å². The summed E-state index contributed by atoms with van der Waals surface area (Å²) in [6.45, 7) is 8.78. The summed E-state index contributed by atoms with van der Waals surface area (Å²) in [5.41, 5.74) is 2.01. The number of hydrogen-bond donors (Lipinski definition) is 2. The minimum Gasteiger partial charge on any atom is -0.475 e. The number of aliphatic carboxylic acids is 1. The molecule has 1 aromatic carbocycles. The molecule has 142 valence electrons. The highest BCUT2D eigenvalue weighted by Crippen LogP contribution is 2.13. The topological polar surface area (TPSA) is 92.7 Å². The monoisotopic (exact) mass is 383 g/mol. The maximum absolute atomic E-state index is 11.8. The summed E-state index contributed by atoms with van der Waals surface area (Å²) in [5, 5.41) is 10.2. The minimum atomic E-state index is -5.08. The SMILES string of the molecule is C=C(C)CNCCOS(=O)(=O)c1ccc(C)cc1.O=C(O)C(F)(F)F. The fraction of sp³-hybridized carbons (Fsp3) is 0.400. The van der Waals surface area contributed by atoms with Crippen LogP contribution >= 0.6 is 0 Å². The van der Waals surface area contributed by atoms with E-state index in [0.717, 1.165) is 11.1 Å². The molecule has 0 fully saturated rings. The van der Waals surface area contributed by atoms with E-state index in [0.29, 0.717) is 13.1 Å². The van der Waals surface area contributed by atoms with Gasteiger partial charge in [-0.15, -0.1) is 0 Å². The molecule has 0 spiro atoms. The van der Waals surface area contributed by atoms with E-state index < -0.39 is 22.3 Å². The van der Waals surface area contributed by atoms with Gasteiger partial charge in [-0.25, -0.2) is 4.79 Å². The zero-order valence-corrected chi connectivity index (χ0v) is 14.6. The Hall–Kier alpha value is -1.91. The van der Waals surface area contributed by atoms with Crippen LogP contribution in [-0.4, -0.2) is 45.4 Å². The molecule has 1 aromatic rings. The van der Waals surface area contributed by atoms with E-state index in [4.69, 9.17) is 14.1 Å². The number of carboxylic acids is 1.